The van der Waals surface area contributed by atoms with Crippen LogP contribution in [0.1, 0.15) is 27.4 Å². The Bertz CT molecular complexity index is 571. The molecule has 0 spiro atoms. The quantitative estimate of drug-likeness (QED) is 0.854. The molecular formula is C14H17N3O2. The van der Waals surface area contributed by atoms with Crippen molar-refractivity contribution in [2.75, 3.05) is 12.5 Å². The van der Waals surface area contributed by atoms with Crippen LogP contribution in [0.4, 0.5) is 0 Å². The topological polar surface area (TPSA) is 56.1 Å². The van der Waals surface area contributed by atoms with E-state index in [9.17, 15) is 4.79 Å². The first-order chi connectivity index (χ1) is 9.13. The van der Waals surface area contributed by atoms with Gasteiger partial charge in [-0.05, 0) is 38.1 Å². The Labute approximate surface area is 112 Å². The predicted octanol–water partition coefficient (Wildman–Crippen LogP) is 2.03. The summed E-state index contributed by atoms with van der Waals surface area (Å²) < 4.78 is 6.72. The summed E-state index contributed by atoms with van der Waals surface area (Å²) in [5, 5.41) is 0. The summed E-state index contributed by atoms with van der Waals surface area (Å²) in [5.41, 5.74) is 6.61. The van der Waals surface area contributed by atoms with Crippen molar-refractivity contribution in [3.63, 3.8) is 0 Å². The third-order valence-corrected chi connectivity index (χ3v) is 2.97. The number of methoxy groups -OCH3 is 1. The first-order valence-electron chi connectivity index (χ1n) is 6.04. The van der Waals surface area contributed by atoms with Crippen LogP contribution >= 0.6 is 0 Å². The van der Waals surface area contributed by atoms with Crippen LogP contribution in [0, 0.1) is 13.8 Å². The van der Waals surface area contributed by atoms with E-state index < -0.39 is 0 Å². The Hall–Kier alpha value is -2.30. The average molecular weight is 259 g/mol. The van der Waals surface area contributed by atoms with Crippen molar-refractivity contribution >= 4 is 5.97 Å². The maximum absolute atomic E-state index is 11.6. The zero-order valence-corrected chi connectivity index (χ0v) is 11.3. The molecular weight excluding hydrogens is 242 g/mol. The van der Waals surface area contributed by atoms with Crippen molar-refractivity contribution in [2.24, 2.45) is 0 Å². The normalized spacial score (nSPS) is 10.3. The van der Waals surface area contributed by atoms with Crippen molar-refractivity contribution in [1.82, 2.24) is 9.66 Å². The molecule has 0 fully saturated rings. The Balaban J connectivity index is 2.18. The van der Waals surface area contributed by atoms with E-state index in [4.69, 9.17) is 4.74 Å². The highest BCUT2D eigenvalue weighted by Gasteiger charge is 2.12. The molecule has 0 radical (unpaired) electrons. The molecule has 0 aliphatic carbocycles. The van der Waals surface area contributed by atoms with Gasteiger partial charge in [-0.15, -0.1) is 0 Å². The number of nitrogens with zero attached hydrogens (tertiary/aromatic N) is 2. The van der Waals surface area contributed by atoms with Crippen LogP contribution < -0.4 is 5.43 Å². The van der Waals surface area contributed by atoms with E-state index in [1.54, 1.807) is 18.3 Å². The molecule has 0 saturated heterocycles. The van der Waals surface area contributed by atoms with E-state index in [0.717, 1.165) is 11.4 Å². The lowest BCUT2D eigenvalue weighted by Crippen LogP contribution is -2.19. The van der Waals surface area contributed by atoms with Gasteiger partial charge in [0, 0.05) is 17.6 Å². The summed E-state index contributed by atoms with van der Waals surface area (Å²) in [5.74, 6) is -0.370. The molecule has 19 heavy (non-hydrogen) atoms. The standard InChI is InChI=1S/C14H17N3O2/c1-10-6-7-11(2)17(10)16-9-13-12(14(18)19-3)5-4-8-15-13/h4-8,16H,9H2,1-3H3. The highest BCUT2D eigenvalue weighted by molar-refractivity contribution is 5.90. The van der Waals surface area contributed by atoms with Crippen molar-refractivity contribution in [3.05, 3.63) is 53.1 Å². The van der Waals surface area contributed by atoms with Crippen molar-refractivity contribution in [1.29, 1.82) is 0 Å². The number of nitrogens with one attached hydrogen (secondary N) is 1. The third kappa shape index (κ3) is 2.76. The van der Waals surface area contributed by atoms with Crippen LogP contribution in [-0.4, -0.2) is 22.7 Å². The van der Waals surface area contributed by atoms with Gasteiger partial charge in [-0.25, -0.2) is 4.79 Å². The molecule has 0 aliphatic rings. The fourth-order valence-electron chi connectivity index (χ4n) is 1.95. The molecule has 2 aromatic rings. The molecule has 2 rings (SSSR count). The number of aryl methyl sites for hydroxylation is 2. The minimum atomic E-state index is -0.370. The number of carbonyl (C=O) groups excluding carboxylic acids is 1. The molecule has 0 saturated carbocycles. The minimum Gasteiger partial charge on any atom is -0.465 e. The summed E-state index contributed by atoms with van der Waals surface area (Å²) in [7, 11) is 1.37. The number of hydrogen-bond acceptors (Lipinski definition) is 4. The van der Waals surface area contributed by atoms with Crippen LogP contribution in [0.25, 0.3) is 0 Å². The fraction of sp³-hybridized carbons (Fsp3) is 0.286. The van der Waals surface area contributed by atoms with Gasteiger partial charge < -0.3 is 10.2 Å². The Kier molecular flexibility index (Phi) is 3.85. The lowest BCUT2D eigenvalue weighted by Gasteiger charge is -2.13. The molecule has 0 amide bonds. The van der Waals surface area contributed by atoms with Gasteiger partial charge in [0.05, 0.1) is 24.9 Å². The van der Waals surface area contributed by atoms with Gasteiger partial charge in [0.1, 0.15) is 0 Å². The Morgan fingerprint density at radius 2 is 2.00 bits per heavy atom. The number of aromatic nitrogens is 2. The monoisotopic (exact) mass is 259 g/mol. The number of esters is 1. The Morgan fingerprint density at radius 1 is 1.32 bits per heavy atom. The maximum atomic E-state index is 11.6. The van der Waals surface area contributed by atoms with E-state index in [0.29, 0.717) is 17.8 Å². The van der Waals surface area contributed by atoms with Gasteiger partial charge in [-0.3, -0.25) is 9.66 Å². The van der Waals surface area contributed by atoms with Gasteiger partial charge in [-0.2, -0.15) is 0 Å². The predicted molar refractivity (Wildman–Crippen MR) is 72.5 cm³/mol. The zero-order chi connectivity index (χ0) is 13.8. The van der Waals surface area contributed by atoms with Crippen LogP contribution in [0.3, 0.4) is 0 Å². The summed E-state index contributed by atoms with van der Waals surface area (Å²) in [6.45, 7) is 4.49. The molecule has 0 aromatic carbocycles. The highest BCUT2D eigenvalue weighted by atomic mass is 16.5. The number of pyridine rings is 1. The second-order valence-electron chi connectivity index (χ2n) is 4.28. The number of ether oxygens (including phenoxy) is 1. The second-order valence-corrected chi connectivity index (χ2v) is 4.28. The molecule has 100 valence electrons. The van der Waals surface area contributed by atoms with Crippen molar-refractivity contribution in [2.45, 2.75) is 20.4 Å². The smallest absolute Gasteiger partial charge is 0.339 e. The van der Waals surface area contributed by atoms with Gasteiger partial charge in [0.2, 0.25) is 0 Å². The van der Waals surface area contributed by atoms with E-state index in [2.05, 4.69) is 10.4 Å². The maximum Gasteiger partial charge on any atom is 0.339 e. The summed E-state index contributed by atoms with van der Waals surface area (Å²) in [4.78, 5) is 15.9. The fourth-order valence-corrected chi connectivity index (χ4v) is 1.95. The Morgan fingerprint density at radius 3 is 2.63 bits per heavy atom. The summed E-state index contributed by atoms with van der Waals surface area (Å²) in [6.07, 6.45) is 1.67. The third-order valence-electron chi connectivity index (χ3n) is 2.97. The highest BCUT2D eigenvalue weighted by Crippen LogP contribution is 2.09. The van der Waals surface area contributed by atoms with Crippen LogP contribution in [0.5, 0.6) is 0 Å². The summed E-state index contributed by atoms with van der Waals surface area (Å²) in [6, 6.07) is 7.50. The van der Waals surface area contributed by atoms with Gasteiger partial charge in [-0.1, -0.05) is 0 Å². The number of hydrogen-bond donors (Lipinski definition) is 1. The van der Waals surface area contributed by atoms with Crippen LogP contribution in [-0.2, 0) is 11.3 Å². The lowest BCUT2D eigenvalue weighted by atomic mass is 10.2. The molecule has 5 heteroatoms. The van der Waals surface area contributed by atoms with E-state index in [1.807, 2.05) is 30.7 Å². The summed E-state index contributed by atoms with van der Waals surface area (Å²) >= 11 is 0. The number of carbonyl (C=O) groups is 1. The van der Waals surface area contributed by atoms with Crippen molar-refractivity contribution in [3.8, 4) is 0 Å². The zero-order valence-electron chi connectivity index (χ0n) is 11.3. The van der Waals surface area contributed by atoms with Crippen LogP contribution in [0.2, 0.25) is 0 Å². The number of rotatable bonds is 4. The first kappa shape index (κ1) is 13.1. The van der Waals surface area contributed by atoms with Gasteiger partial charge in [0.25, 0.3) is 0 Å². The molecule has 2 heterocycles. The molecule has 0 aliphatic heterocycles. The van der Waals surface area contributed by atoms with E-state index in [-0.39, 0.29) is 5.97 Å². The van der Waals surface area contributed by atoms with Gasteiger partial charge >= 0.3 is 5.97 Å². The first-order valence-corrected chi connectivity index (χ1v) is 6.04. The van der Waals surface area contributed by atoms with E-state index in [1.165, 1.54) is 7.11 Å². The van der Waals surface area contributed by atoms with E-state index >= 15 is 0 Å². The molecule has 0 bridgehead atoms. The van der Waals surface area contributed by atoms with Crippen molar-refractivity contribution < 1.29 is 9.53 Å². The molecule has 5 nitrogen and oxygen atoms in total. The molecule has 1 N–H and O–H groups in total. The SMILES string of the molecule is COC(=O)c1cccnc1CNn1c(C)ccc1C. The second kappa shape index (κ2) is 5.56. The lowest BCUT2D eigenvalue weighted by molar-refractivity contribution is 0.0599. The van der Waals surface area contributed by atoms with Crippen LogP contribution in [0.15, 0.2) is 30.5 Å². The molecule has 0 atom stereocenters. The molecule has 2 aromatic heterocycles. The average Bonchev–Trinajstić information content (AvgIpc) is 2.75. The largest absolute Gasteiger partial charge is 0.465 e. The van der Waals surface area contributed by atoms with Gasteiger partial charge in [0.15, 0.2) is 0 Å². The molecule has 0 unspecified atom stereocenters. The minimum absolute atomic E-state index is 0.370.